The molecule has 0 radical (unpaired) electrons. The van der Waals surface area contributed by atoms with Gasteiger partial charge in [0.15, 0.2) is 6.23 Å². The van der Waals surface area contributed by atoms with Gasteiger partial charge in [-0.05, 0) is 32.2 Å². The molecule has 0 unspecified atom stereocenters. The van der Waals surface area contributed by atoms with E-state index in [0.29, 0.717) is 31.6 Å². The molecule has 0 amide bonds. The van der Waals surface area contributed by atoms with Crippen molar-refractivity contribution < 1.29 is 20.1 Å². The van der Waals surface area contributed by atoms with Crippen molar-refractivity contribution in [2.24, 2.45) is 10.9 Å². The Hall–Kier alpha value is -1.72. The third-order valence-corrected chi connectivity index (χ3v) is 3.98. The zero-order valence-corrected chi connectivity index (χ0v) is 15.1. The largest absolute Gasteiger partial charge is 0.396 e. The van der Waals surface area contributed by atoms with Crippen LogP contribution in [-0.2, 0) is 4.74 Å². The molecule has 7 nitrogen and oxygen atoms in total. The second-order valence-corrected chi connectivity index (χ2v) is 5.62. The molecule has 142 valence electrons. The van der Waals surface area contributed by atoms with Crippen LogP contribution in [0.5, 0.6) is 0 Å². The summed E-state index contributed by atoms with van der Waals surface area (Å²) >= 11 is 0. The predicted octanol–water partition coefficient (Wildman–Crippen LogP) is 0.996. The van der Waals surface area contributed by atoms with Gasteiger partial charge in [0.1, 0.15) is 12.8 Å². The zero-order chi connectivity index (χ0) is 19.2. The highest BCUT2D eigenvalue weighted by molar-refractivity contribution is 5.82. The fraction of sp³-hybridized carbons (Fsp3) is 0.667. The maximum Gasteiger partial charge on any atom is 0.159 e. The van der Waals surface area contributed by atoms with Gasteiger partial charge in [-0.3, -0.25) is 4.99 Å². The van der Waals surface area contributed by atoms with Crippen molar-refractivity contribution in [2.45, 2.75) is 51.5 Å². The molecule has 0 bridgehead atoms. The van der Waals surface area contributed by atoms with Gasteiger partial charge in [-0.1, -0.05) is 13.0 Å². The molecular weight excluding hydrogens is 322 g/mol. The van der Waals surface area contributed by atoms with E-state index in [9.17, 15) is 15.3 Å². The minimum Gasteiger partial charge on any atom is -0.396 e. The quantitative estimate of drug-likeness (QED) is 0.384. The van der Waals surface area contributed by atoms with Gasteiger partial charge in [0.2, 0.25) is 0 Å². The Bertz CT molecular complexity index is 451. The highest BCUT2D eigenvalue weighted by Crippen LogP contribution is 2.23. The molecular formula is C18H31N3O4. The lowest BCUT2D eigenvalue weighted by Gasteiger charge is -2.33. The highest BCUT2D eigenvalue weighted by atomic mass is 16.5. The molecule has 0 aromatic rings. The number of aliphatic hydroxyl groups is 3. The molecule has 0 aromatic heterocycles. The molecule has 1 fully saturated rings. The minimum absolute atomic E-state index is 0.190. The lowest BCUT2D eigenvalue weighted by atomic mass is 9.96. The molecule has 0 aromatic carbocycles. The summed E-state index contributed by atoms with van der Waals surface area (Å²) in [5.74, 6) is -0.399. The standard InChI is InChI=1S/C16H29N3O4.C2H2/c1-3-13(17)6-5-8-19(11-18-4-2)16-15(22)14(21)12(10-20)7-9-23-16;1-2/h4-5,8,12,14-17,20-22H,3,6-7,9-11H2,1-2H3;1-2H/b8-5-,17-13?,18-4-;/t12-,14-,15-,16-;/m1./s1. The number of terminal acetylenes is 1. The number of aliphatic hydroxyl groups excluding tert-OH is 3. The molecule has 1 rings (SSSR count). The fourth-order valence-corrected chi connectivity index (χ4v) is 2.41. The smallest absolute Gasteiger partial charge is 0.159 e. The molecule has 0 saturated carbocycles. The van der Waals surface area contributed by atoms with Gasteiger partial charge in [0.05, 0.1) is 6.10 Å². The number of allylic oxidation sites excluding steroid dienone is 1. The van der Waals surface area contributed by atoms with E-state index in [1.54, 1.807) is 24.2 Å². The Morgan fingerprint density at radius 2 is 2.04 bits per heavy atom. The molecule has 25 heavy (non-hydrogen) atoms. The summed E-state index contributed by atoms with van der Waals surface area (Å²) < 4.78 is 5.69. The van der Waals surface area contributed by atoms with Crippen LogP contribution in [0.3, 0.4) is 0 Å². The van der Waals surface area contributed by atoms with Gasteiger partial charge in [-0.15, -0.1) is 12.8 Å². The van der Waals surface area contributed by atoms with Crippen LogP contribution < -0.4 is 0 Å². The number of hydrogen-bond acceptors (Lipinski definition) is 7. The number of nitrogens with zero attached hydrogens (tertiary/aromatic N) is 2. The molecule has 0 aliphatic carbocycles. The summed E-state index contributed by atoms with van der Waals surface area (Å²) in [6.45, 7) is 4.17. The summed E-state index contributed by atoms with van der Waals surface area (Å²) in [6, 6.07) is 0. The molecule has 1 heterocycles. The summed E-state index contributed by atoms with van der Waals surface area (Å²) in [5.41, 5.74) is 0.614. The zero-order valence-electron chi connectivity index (χ0n) is 15.1. The maximum atomic E-state index is 10.4. The van der Waals surface area contributed by atoms with Gasteiger partial charge < -0.3 is 30.4 Å². The average Bonchev–Trinajstić information content (AvgIpc) is 2.78. The Balaban J connectivity index is 0.00000277. The van der Waals surface area contributed by atoms with Gasteiger partial charge >= 0.3 is 0 Å². The van der Waals surface area contributed by atoms with Gasteiger partial charge in [-0.2, -0.15) is 0 Å². The van der Waals surface area contributed by atoms with E-state index < -0.39 is 24.4 Å². The van der Waals surface area contributed by atoms with Crippen molar-refractivity contribution in [3.63, 3.8) is 0 Å². The van der Waals surface area contributed by atoms with Crippen molar-refractivity contribution >= 4 is 11.9 Å². The third-order valence-electron chi connectivity index (χ3n) is 3.98. The molecule has 4 atom stereocenters. The normalized spacial score (nSPS) is 26.8. The van der Waals surface area contributed by atoms with Crippen LogP contribution in [0.4, 0.5) is 0 Å². The average molecular weight is 353 g/mol. The van der Waals surface area contributed by atoms with Crippen LogP contribution in [0, 0.1) is 24.2 Å². The summed E-state index contributed by atoms with van der Waals surface area (Å²) in [6.07, 6.45) is 12.0. The second kappa shape index (κ2) is 13.6. The van der Waals surface area contributed by atoms with E-state index in [4.69, 9.17) is 10.1 Å². The first-order chi connectivity index (χ1) is 12.0. The van der Waals surface area contributed by atoms with Crippen LogP contribution in [0.25, 0.3) is 0 Å². The number of hydrogen-bond donors (Lipinski definition) is 4. The van der Waals surface area contributed by atoms with Gasteiger partial charge in [-0.25, -0.2) is 0 Å². The predicted molar refractivity (Wildman–Crippen MR) is 99.5 cm³/mol. The Kier molecular flexibility index (Phi) is 12.6. The SMILES string of the molecule is C#C.C/C=N\CN(/C=C\CC(=N)CC)[C@@H]1OCC[C@H](CO)[C@@H](O)[C@H]1O. The molecule has 0 spiro atoms. The molecule has 1 saturated heterocycles. The number of nitrogens with one attached hydrogen (secondary N) is 1. The van der Waals surface area contributed by atoms with Crippen molar-refractivity contribution in [1.82, 2.24) is 4.90 Å². The van der Waals surface area contributed by atoms with Gasteiger partial charge in [0.25, 0.3) is 0 Å². The van der Waals surface area contributed by atoms with Crippen molar-refractivity contribution in [3.8, 4) is 12.8 Å². The van der Waals surface area contributed by atoms with Gasteiger partial charge in [0, 0.05) is 31.3 Å². The fourth-order valence-electron chi connectivity index (χ4n) is 2.41. The van der Waals surface area contributed by atoms with Crippen molar-refractivity contribution in [2.75, 3.05) is 19.9 Å². The number of ether oxygens (including phenoxy) is 1. The monoisotopic (exact) mass is 353 g/mol. The van der Waals surface area contributed by atoms with E-state index in [0.717, 1.165) is 0 Å². The van der Waals surface area contributed by atoms with Crippen LogP contribution in [0.2, 0.25) is 0 Å². The Morgan fingerprint density at radius 1 is 1.36 bits per heavy atom. The first-order valence-electron chi connectivity index (χ1n) is 8.40. The van der Waals surface area contributed by atoms with E-state index in [-0.39, 0.29) is 13.3 Å². The Labute approximate surface area is 150 Å². The summed E-state index contributed by atoms with van der Waals surface area (Å²) in [4.78, 5) is 5.87. The lowest BCUT2D eigenvalue weighted by molar-refractivity contribution is -0.133. The molecule has 7 heteroatoms. The van der Waals surface area contributed by atoms with Crippen LogP contribution >= 0.6 is 0 Å². The first-order valence-corrected chi connectivity index (χ1v) is 8.40. The van der Waals surface area contributed by atoms with Crippen molar-refractivity contribution in [1.29, 1.82) is 5.41 Å². The summed E-state index contributed by atoms with van der Waals surface area (Å²) in [7, 11) is 0. The molecule has 1 aliphatic rings. The van der Waals surface area contributed by atoms with E-state index in [1.165, 1.54) is 0 Å². The topological polar surface area (TPSA) is 109 Å². The van der Waals surface area contributed by atoms with E-state index >= 15 is 0 Å². The lowest BCUT2D eigenvalue weighted by Crippen LogP contribution is -2.49. The molecule has 1 aliphatic heterocycles. The maximum absolute atomic E-state index is 10.4. The van der Waals surface area contributed by atoms with Crippen LogP contribution in [0.1, 0.15) is 33.1 Å². The first kappa shape index (κ1) is 23.3. The molecule has 4 N–H and O–H groups in total. The van der Waals surface area contributed by atoms with Crippen LogP contribution in [0.15, 0.2) is 17.3 Å². The van der Waals surface area contributed by atoms with E-state index in [2.05, 4.69) is 17.8 Å². The van der Waals surface area contributed by atoms with Crippen LogP contribution in [-0.4, -0.2) is 70.5 Å². The van der Waals surface area contributed by atoms with E-state index in [1.807, 2.05) is 13.0 Å². The van der Waals surface area contributed by atoms with Crippen molar-refractivity contribution in [3.05, 3.63) is 12.3 Å². The Morgan fingerprint density at radius 3 is 2.60 bits per heavy atom. The minimum atomic E-state index is -1.14. The number of rotatable bonds is 8. The third kappa shape index (κ3) is 7.80. The number of aliphatic imine (C=N–C) groups is 1. The highest BCUT2D eigenvalue weighted by Gasteiger charge is 2.37. The second-order valence-electron chi connectivity index (χ2n) is 5.62. The summed E-state index contributed by atoms with van der Waals surface area (Å²) in [5, 5.41) is 37.6.